The summed E-state index contributed by atoms with van der Waals surface area (Å²) in [4.78, 5) is 0. The van der Waals surface area contributed by atoms with Crippen molar-refractivity contribution in [2.75, 3.05) is 40.1 Å². The van der Waals surface area contributed by atoms with Gasteiger partial charge in [0.1, 0.15) is 0 Å². The summed E-state index contributed by atoms with van der Waals surface area (Å²) in [5.74, 6) is 1.43. The van der Waals surface area contributed by atoms with Crippen LogP contribution < -0.4 is 5.32 Å². The molecule has 1 N–H and O–H groups in total. The fraction of sp³-hybridized carbons (Fsp3) is 1.00. The minimum atomic E-state index is 0.353. The van der Waals surface area contributed by atoms with Crippen molar-refractivity contribution in [2.24, 2.45) is 11.8 Å². The summed E-state index contributed by atoms with van der Waals surface area (Å²) in [5.41, 5.74) is 0. The maximum atomic E-state index is 6.19. The highest BCUT2D eigenvalue weighted by Crippen LogP contribution is 2.31. The molecule has 0 spiro atoms. The third-order valence-corrected chi connectivity index (χ3v) is 4.22. The summed E-state index contributed by atoms with van der Waals surface area (Å²) < 4.78 is 16.6. The topological polar surface area (TPSA) is 39.7 Å². The molecule has 1 fully saturated rings. The maximum absolute atomic E-state index is 6.19. The first-order chi connectivity index (χ1) is 10.2. The third-order valence-electron chi connectivity index (χ3n) is 4.22. The van der Waals surface area contributed by atoms with Gasteiger partial charge in [0.2, 0.25) is 0 Å². The molecule has 21 heavy (non-hydrogen) atoms. The molecule has 4 atom stereocenters. The summed E-state index contributed by atoms with van der Waals surface area (Å²) >= 11 is 0. The van der Waals surface area contributed by atoms with Crippen molar-refractivity contribution in [2.45, 2.75) is 58.6 Å². The quantitative estimate of drug-likeness (QED) is 0.596. The van der Waals surface area contributed by atoms with Crippen LogP contribution in [0.15, 0.2) is 0 Å². The van der Waals surface area contributed by atoms with E-state index in [0.717, 1.165) is 32.1 Å². The van der Waals surface area contributed by atoms with E-state index in [1.807, 2.05) is 0 Å². The van der Waals surface area contributed by atoms with Gasteiger partial charge in [0.05, 0.1) is 19.3 Å². The van der Waals surface area contributed by atoms with Gasteiger partial charge in [-0.05, 0) is 44.1 Å². The Labute approximate surface area is 130 Å². The summed E-state index contributed by atoms with van der Waals surface area (Å²) in [7, 11) is 1.70. The van der Waals surface area contributed by atoms with Crippen LogP contribution >= 0.6 is 0 Å². The van der Waals surface area contributed by atoms with Crippen molar-refractivity contribution in [1.29, 1.82) is 0 Å². The highest BCUT2D eigenvalue weighted by atomic mass is 16.5. The van der Waals surface area contributed by atoms with Crippen molar-refractivity contribution in [3.05, 3.63) is 0 Å². The van der Waals surface area contributed by atoms with Crippen LogP contribution in [0, 0.1) is 11.8 Å². The first kappa shape index (κ1) is 18.9. The van der Waals surface area contributed by atoms with Crippen LogP contribution in [-0.4, -0.2) is 52.2 Å². The van der Waals surface area contributed by atoms with Gasteiger partial charge in [0.25, 0.3) is 0 Å². The lowest BCUT2D eigenvalue weighted by Crippen LogP contribution is -2.49. The van der Waals surface area contributed by atoms with Gasteiger partial charge in [0, 0.05) is 26.4 Å². The minimum absolute atomic E-state index is 0.353. The zero-order valence-corrected chi connectivity index (χ0v) is 14.4. The molecule has 1 rings (SSSR count). The largest absolute Gasteiger partial charge is 0.382 e. The SMILES string of the molecule is CCCNC1CC(C)CC(C)C1OCCCOCCOC. The van der Waals surface area contributed by atoms with Crippen LogP contribution in [0.25, 0.3) is 0 Å². The highest BCUT2D eigenvalue weighted by Gasteiger charge is 2.34. The molecular weight excluding hydrogens is 266 g/mol. The van der Waals surface area contributed by atoms with E-state index >= 15 is 0 Å². The molecule has 4 heteroatoms. The van der Waals surface area contributed by atoms with Crippen molar-refractivity contribution in [3.63, 3.8) is 0 Å². The minimum Gasteiger partial charge on any atom is -0.382 e. The molecule has 0 aromatic heterocycles. The van der Waals surface area contributed by atoms with Crippen molar-refractivity contribution in [1.82, 2.24) is 5.32 Å². The van der Waals surface area contributed by atoms with Crippen LogP contribution in [0.4, 0.5) is 0 Å². The molecule has 4 unspecified atom stereocenters. The van der Waals surface area contributed by atoms with Gasteiger partial charge in [-0.25, -0.2) is 0 Å². The molecule has 126 valence electrons. The van der Waals surface area contributed by atoms with Gasteiger partial charge in [-0.1, -0.05) is 20.8 Å². The third kappa shape index (κ3) is 7.59. The van der Waals surface area contributed by atoms with E-state index in [1.54, 1.807) is 7.11 Å². The van der Waals surface area contributed by atoms with Crippen LogP contribution in [0.3, 0.4) is 0 Å². The van der Waals surface area contributed by atoms with E-state index in [1.165, 1.54) is 19.3 Å². The molecule has 4 nitrogen and oxygen atoms in total. The van der Waals surface area contributed by atoms with E-state index in [9.17, 15) is 0 Å². The predicted molar refractivity (Wildman–Crippen MR) is 86.7 cm³/mol. The fourth-order valence-electron chi connectivity index (χ4n) is 3.26. The van der Waals surface area contributed by atoms with Crippen LogP contribution in [0.2, 0.25) is 0 Å². The number of methoxy groups -OCH3 is 1. The van der Waals surface area contributed by atoms with E-state index in [4.69, 9.17) is 14.2 Å². The van der Waals surface area contributed by atoms with Gasteiger partial charge in [-0.2, -0.15) is 0 Å². The Balaban J connectivity index is 2.24. The Morgan fingerprint density at radius 2 is 1.86 bits per heavy atom. The molecular formula is C17H35NO3. The smallest absolute Gasteiger partial charge is 0.0753 e. The van der Waals surface area contributed by atoms with Crippen LogP contribution in [-0.2, 0) is 14.2 Å². The lowest BCUT2D eigenvalue weighted by molar-refractivity contribution is -0.0450. The lowest BCUT2D eigenvalue weighted by atomic mass is 9.78. The number of hydrogen-bond donors (Lipinski definition) is 1. The number of nitrogens with one attached hydrogen (secondary N) is 1. The Kier molecular flexibility index (Phi) is 10.3. The molecule has 0 radical (unpaired) electrons. The van der Waals surface area contributed by atoms with Crippen LogP contribution in [0.1, 0.15) is 46.5 Å². The van der Waals surface area contributed by atoms with Gasteiger partial charge in [-0.15, -0.1) is 0 Å². The van der Waals surface area contributed by atoms with Crippen molar-refractivity contribution >= 4 is 0 Å². The Hall–Kier alpha value is -0.160. The zero-order chi connectivity index (χ0) is 15.5. The monoisotopic (exact) mass is 301 g/mol. The number of rotatable bonds is 11. The zero-order valence-electron chi connectivity index (χ0n) is 14.4. The molecule has 0 bridgehead atoms. The first-order valence-electron chi connectivity index (χ1n) is 8.60. The van der Waals surface area contributed by atoms with E-state index < -0.39 is 0 Å². The van der Waals surface area contributed by atoms with Gasteiger partial charge >= 0.3 is 0 Å². The fourth-order valence-corrected chi connectivity index (χ4v) is 3.26. The van der Waals surface area contributed by atoms with E-state index in [2.05, 4.69) is 26.1 Å². The molecule has 0 saturated heterocycles. The van der Waals surface area contributed by atoms with Gasteiger partial charge in [0.15, 0.2) is 0 Å². The number of hydrogen-bond acceptors (Lipinski definition) is 4. The summed E-state index contributed by atoms with van der Waals surface area (Å²) in [6, 6.07) is 0.512. The average molecular weight is 301 g/mol. The van der Waals surface area contributed by atoms with E-state index in [-0.39, 0.29) is 0 Å². The Morgan fingerprint density at radius 1 is 1.05 bits per heavy atom. The molecule has 1 saturated carbocycles. The summed E-state index contributed by atoms with van der Waals surface area (Å²) in [5, 5.41) is 3.68. The maximum Gasteiger partial charge on any atom is 0.0753 e. The van der Waals surface area contributed by atoms with Gasteiger partial charge < -0.3 is 19.5 Å². The molecule has 0 aromatic carbocycles. The standard InChI is InChI=1S/C17H35NO3/c1-5-7-18-16-13-14(2)12-15(3)17(16)21-9-6-8-20-11-10-19-4/h14-18H,5-13H2,1-4H3. The highest BCUT2D eigenvalue weighted by molar-refractivity contribution is 4.88. The number of ether oxygens (including phenoxy) is 3. The molecule has 0 amide bonds. The first-order valence-corrected chi connectivity index (χ1v) is 8.60. The molecule has 0 aromatic rings. The second kappa shape index (κ2) is 11.4. The summed E-state index contributed by atoms with van der Waals surface area (Å²) in [6.07, 6.45) is 5.01. The molecule has 1 aliphatic carbocycles. The second-order valence-corrected chi connectivity index (χ2v) is 6.41. The van der Waals surface area contributed by atoms with Gasteiger partial charge in [-0.3, -0.25) is 0 Å². The van der Waals surface area contributed by atoms with Crippen molar-refractivity contribution < 1.29 is 14.2 Å². The van der Waals surface area contributed by atoms with E-state index in [0.29, 0.717) is 31.3 Å². The lowest BCUT2D eigenvalue weighted by Gasteiger charge is -2.40. The second-order valence-electron chi connectivity index (χ2n) is 6.41. The molecule has 1 aliphatic rings. The normalized spacial score (nSPS) is 29.7. The molecule has 0 heterocycles. The predicted octanol–water partition coefficient (Wildman–Crippen LogP) is 2.86. The average Bonchev–Trinajstić information content (AvgIpc) is 2.46. The van der Waals surface area contributed by atoms with Crippen LogP contribution in [0.5, 0.6) is 0 Å². The van der Waals surface area contributed by atoms with Crippen molar-refractivity contribution in [3.8, 4) is 0 Å². The molecule has 0 aliphatic heterocycles. The Morgan fingerprint density at radius 3 is 2.57 bits per heavy atom. The summed E-state index contributed by atoms with van der Waals surface area (Å²) in [6.45, 7) is 10.9. The Bertz CT molecular complexity index is 250.